The summed E-state index contributed by atoms with van der Waals surface area (Å²) in [5, 5.41) is 13.2. The maximum absolute atomic E-state index is 12.5. The van der Waals surface area contributed by atoms with Gasteiger partial charge in [0.25, 0.3) is 0 Å². The predicted octanol–water partition coefficient (Wildman–Crippen LogP) is 4.46. The summed E-state index contributed by atoms with van der Waals surface area (Å²) >= 11 is 1.62. The number of hydrogen-bond donors (Lipinski definition) is 3. The first kappa shape index (κ1) is 20.0. The van der Waals surface area contributed by atoms with Crippen molar-refractivity contribution in [1.82, 2.24) is 10.3 Å². The van der Waals surface area contributed by atoms with Gasteiger partial charge in [0.15, 0.2) is 0 Å². The minimum absolute atomic E-state index is 0.142. The van der Waals surface area contributed by atoms with Gasteiger partial charge < -0.3 is 15.4 Å². The van der Waals surface area contributed by atoms with Crippen molar-refractivity contribution >= 4 is 34.5 Å². The summed E-state index contributed by atoms with van der Waals surface area (Å²) in [5.41, 5.74) is 4.16. The Morgan fingerprint density at radius 1 is 1.18 bits per heavy atom. The van der Waals surface area contributed by atoms with Crippen molar-refractivity contribution < 1.29 is 14.7 Å². The van der Waals surface area contributed by atoms with Crippen molar-refractivity contribution in [2.24, 2.45) is 0 Å². The zero-order valence-electron chi connectivity index (χ0n) is 16.0. The molecule has 0 aliphatic heterocycles. The molecule has 2 aromatic carbocycles. The first-order valence-electron chi connectivity index (χ1n) is 9.18. The summed E-state index contributed by atoms with van der Waals surface area (Å²) in [6.45, 7) is 2.05. The Morgan fingerprint density at radius 3 is 2.61 bits per heavy atom. The molecule has 5 nitrogen and oxygen atoms in total. The van der Waals surface area contributed by atoms with Gasteiger partial charge in [-0.05, 0) is 48.4 Å². The number of H-pyrrole nitrogens is 1. The number of aliphatic carboxylic acids is 1. The number of thioether (sulfide) groups is 1. The molecule has 146 valence electrons. The molecule has 1 atom stereocenters. The lowest BCUT2D eigenvalue weighted by molar-refractivity contribution is -0.137. The normalized spacial score (nSPS) is 12.1. The summed E-state index contributed by atoms with van der Waals surface area (Å²) in [7, 11) is 0. The number of hydrogen-bond acceptors (Lipinski definition) is 3. The second kappa shape index (κ2) is 8.97. The zero-order valence-corrected chi connectivity index (χ0v) is 16.8. The van der Waals surface area contributed by atoms with Crippen LogP contribution in [0.15, 0.2) is 53.6 Å². The Hall–Kier alpha value is -2.73. The summed E-state index contributed by atoms with van der Waals surface area (Å²) < 4.78 is 0. The number of carboxylic acid groups (broad SMARTS) is 1. The van der Waals surface area contributed by atoms with E-state index in [1.165, 1.54) is 5.56 Å². The number of rotatable bonds is 8. The number of carbonyl (C=O) groups excluding carboxylic acids is 1. The van der Waals surface area contributed by atoms with Gasteiger partial charge in [-0.1, -0.05) is 30.3 Å². The number of carbonyl (C=O) groups is 2. The Bertz CT molecular complexity index is 979. The van der Waals surface area contributed by atoms with E-state index >= 15 is 0 Å². The Morgan fingerprint density at radius 2 is 1.93 bits per heavy atom. The van der Waals surface area contributed by atoms with Crippen LogP contribution in [0, 0.1) is 6.92 Å². The number of amides is 1. The quantitative estimate of drug-likeness (QED) is 0.491. The average molecular weight is 397 g/mol. The Kier molecular flexibility index (Phi) is 6.41. The summed E-state index contributed by atoms with van der Waals surface area (Å²) in [6.07, 6.45) is 4.69. The first-order valence-corrected chi connectivity index (χ1v) is 10.4. The molecular weight excluding hydrogens is 372 g/mol. The van der Waals surface area contributed by atoms with Gasteiger partial charge in [0.1, 0.15) is 0 Å². The molecule has 3 rings (SSSR count). The molecule has 28 heavy (non-hydrogen) atoms. The van der Waals surface area contributed by atoms with Crippen molar-refractivity contribution in [1.29, 1.82) is 0 Å². The molecule has 0 spiro atoms. The zero-order chi connectivity index (χ0) is 20.1. The standard InChI is InChI=1S/C22H24N2O3S/c1-14-4-3-5-18-16(13-23-22(14)18)8-11-20(25)24-19(12-21(26)27)15-6-9-17(28-2)10-7-15/h3-7,9-10,13,19,23H,8,11-12H2,1-2H3,(H,24,25)(H,26,27). The van der Waals surface area contributed by atoms with Crippen molar-refractivity contribution in [3.63, 3.8) is 0 Å². The monoisotopic (exact) mass is 396 g/mol. The maximum atomic E-state index is 12.5. The lowest BCUT2D eigenvalue weighted by Gasteiger charge is -2.18. The third-order valence-corrected chi connectivity index (χ3v) is 5.61. The molecule has 6 heteroatoms. The average Bonchev–Trinajstić information content (AvgIpc) is 3.10. The third-order valence-electron chi connectivity index (χ3n) is 4.86. The van der Waals surface area contributed by atoms with Crippen LogP contribution in [0.5, 0.6) is 0 Å². The van der Waals surface area contributed by atoms with Gasteiger partial charge >= 0.3 is 5.97 Å². The van der Waals surface area contributed by atoms with Crippen LogP contribution in [0.2, 0.25) is 0 Å². The van der Waals surface area contributed by atoms with E-state index in [1.807, 2.05) is 61.8 Å². The predicted molar refractivity (Wildman–Crippen MR) is 113 cm³/mol. The second-order valence-electron chi connectivity index (χ2n) is 6.80. The molecule has 0 bridgehead atoms. The van der Waals surface area contributed by atoms with Gasteiger partial charge in [0.05, 0.1) is 12.5 Å². The fraction of sp³-hybridized carbons (Fsp3) is 0.273. The number of fused-ring (bicyclic) bond motifs is 1. The molecule has 1 aromatic heterocycles. The van der Waals surface area contributed by atoms with Gasteiger partial charge in [-0.3, -0.25) is 9.59 Å². The van der Waals surface area contributed by atoms with Gasteiger partial charge in [0.2, 0.25) is 5.91 Å². The summed E-state index contributed by atoms with van der Waals surface area (Å²) in [5.74, 6) is -1.09. The number of aromatic amines is 1. The van der Waals surface area contributed by atoms with Crippen molar-refractivity contribution in [2.75, 3.05) is 6.26 Å². The SMILES string of the molecule is CSc1ccc(C(CC(=O)O)NC(=O)CCc2c[nH]c3c(C)cccc23)cc1. The van der Waals surface area contributed by atoms with E-state index in [2.05, 4.69) is 10.3 Å². The van der Waals surface area contributed by atoms with Gasteiger partial charge in [-0.15, -0.1) is 11.8 Å². The Labute approximate surface area is 168 Å². The van der Waals surface area contributed by atoms with Crippen LogP contribution in [0.4, 0.5) is 0 Å². The largest absolute Gasteiger partial charge is 0.481 e. The van der Waals surface area contributed by atoms with Crippen molar-refractivity contribution in [3.8, 4) is 0 Å². The van der Waals surface area contributed by atoms with E-state index in [9.17, 15) is 14.7 Å². The first-order chi connectivity index (χ1) is 13.5. The molecule has 0 saturated heterocycles. The second-order valence-corrected chi connectivity index (χ2v) is 7.68. The van der Waals surface area contributed by atoms with Crippen LogP contribution in [-0.2, 0) is 16.0 Å². The van der Waals surface area contributed by atoms with E-state index < -0.39 is 12.0 Å². The number of aryl methyl sites for hydroxylation is 2. The fourth-order valence-corrected chi connectivity index (χ4v) is 3.76. The highest BCUT2D eigenvalue weighted by Crippen LogP contribution is 2.24. The van der Waals surface area contributed by atoms with Crippen LogP contribution in [0.3, 0.4) is 0 Å². The molecule has 0 aliphatic carbocycles. The molecule has 0 aliphatic rings. The number of carboxylic acids is 1. The lowest BCUT2D eigenvalue weighted by Crippen LogP contribution is -2.30. The van der Waals surface area contributed by atoms with Gasteiger partial charge in [0, 0.05) is 28.4 Å². The van der Waals surface area contributed by atoms with Gasteiger partial charge in [-0.2, -0.15) is 0 Å². The topological polar surface area (TPSA) is 82.2 Å². The number of benzene rings is 2. The van der Waals surface area contributed by atoms with Crippen LogP contribution < -0.4 is 5.32 Å². The highest BCUT2D eigenvalue weighted by Gasteiger charge is 2.18. The van der Waals surface area contributed by atoms with E-state index in [4.69, 9.17) is 0 Å². The highest BCUT2D eigenvalue weighted by molar-refractivity contribution is 7.98. The fourth-order valence-electron chi connectivity index (χ4n) is 3.35. The Balaban J connectivity index is 1.67. The van der Waals surface area contributed by atoms with E-state index in [0.717, 1.165) is 26.9 Å². The molecule has 0 saturated carbocycles. The molecule has 1 heterocycles. The molecule has 0 fully saturated rings. The molecule has 3 N–H and O–H groups in total. The van der Waals surface area contributed by atoms with Crippen LogP contribution in [0.1, 0.15) is 35.6 Å². The number of aromatic nitrogens is 1. The van der Waals surface area contributed by atoms with E-state index in [0.29, 0.717) is 12.8 Å². The molecule has 1 unspecified atom stereocenters. The number of para-hydroxylation sites is 1. The third kappa shape index (κ3) is 4.75. The molecule has 1 amide bonds. The van der Waals surface area contributed by atoms with Crippen LogP contribution >= 0.6 is 11.8 Å². The molecule has 0 radical (unpaired) electrons. The van der Waals surface area contributed by atoms with Crippen LogP contribution in [0.25, 0.3) is 10.9 Å². The summed E-state index contributed by atoms with van der Waals surface area (Å²) in [4.78, 5) is 28.1. The minimum atomic E-state index is -0.939. The minimum Gasteiger partial charge on any atom is -0.481 e. The molecule has 3 aromatic rings. The van der Waals surface area contributed by atoms with Crippen LogP contribution in [-0.4, -0.2) is 28.2 Å². The summed E-state index contributed by atoms with van der Waals surface area (Å²) in [6, 6.07) is 13.2. The van der Waals surface area contributed by atoms with Crippen molar-refractivity contribution in [2.45, 2.75) is 37.1 Å². The lowest BCUT2D eigenvalue weighted by atomic mass is 10.0. The van der Waals surface area contributed by atoms with E-state index in [-0.39, 0.29) is 12.3 Å². The smallest absolute Gasteiger partial charge is 0.305 e. The van der Waals surface area contributed by atoms with Crippen molar-refractivity contribution in [3.05, 3.63) is 65.4 Å². The highest BCUT2D eigenvalue weighted by atomic mass is 32.2. The maximum Gasteiger partial charge on any atom is 0.305 e. The van der Waals surface area contributed by atoms with Gasteiger partial charge in [-0.25, -0.2) is 0 Å². The molecular formula is C22H24N2O3S. The number of nitrogens with one attached hydrogen (secondary N) is 2. The van der Waals surface area contributed by atoms with E-state index in [1.54, 1.807) is 11.8 Å².